The Morgan fingerprint density at radius 1 is 1.39 bits per heavy atom. The molecule has 1 N–H and O–H groups in total. The SMILES string of the molecule is C[C@@H]1C[NH+](Cc2ccc(C#N)cc2Cl)C[C@H](C)O1. The maximum absolute atomic E-state index is 8.81. The first-order valence-corrected chi connectivity index (χ1v) is 6.64. The Balaban J connectivity index is 2.07. The van der Waals surface area contributed by atoms with Crippen LogP contribution in [-0.2, 0) is 11.3 Å². The van der Waals surface area contributed by atoms with Gasteiger partial charge in [0.25, 0.3) is 0 Å². The molecule has 2 rings (SSSR count). The first-order valence-electron chi connectivity index (χ1n) is 6.26. The molecule has 18 heavy (non-hydrogen) atoms. The van der Waals surface area contributed by atoms with Crippen LogP contribution in [0.3, 0.4) is 0 Å². The highest BCUT2D eigenvalue weighted by Crippen LogP contribution is 2.17. The Kier molecular flexibility index (Phi) is 4.23. The third-order valence-electron chi connectivity index (χ3n) is 3.24. The Bertz CT molecular complexity index is 459. The molecule has 0 bridgehead atoms. The lowest BCUT2D eigenvalue weighted by Crippen LogP contribution is -3.14. The van der Waals surface area contributed by atoms with Crippen molar-refractivity contribution in [1.29, 1.82) is 5.26 Å². The number of nitrogens with zero attached hydrogens (tertiary/aromatic N) is 1. The average Bonchev–Trinajstić information content (AvgIpc) is 2.30. The van der Waals surface area contributed by atoms with Crippen molar-refractivity contribution in [3.63, 3.8) is 0 Å². The van der Waals surface area contributed by atoms with E-state index in [2.05, 4.69) is 19.9 Å². The van der Waals surface area contributed by atoms with E-state index in [1.54, 1.807) is 6.07 Å². The number of ether oxygens (including phenoxy) is 1. The number of nitrogens with one attached hydrogen (secondary N) is 1. The van der Waals surface area contributed by atoms with Crippen LogP contribution in [0.25, 0.3) is 0 Å². The van der Waals surface area contributed by atoms with Gasteiger partial charge in [0, 0.05) is 5.56 Å². The summed E-state index contributed by atoms with van der Waals surface area (Å²) in [5, 5.41) is 9.50. The van der Waals surface area contributed by atoms with Crippen molar-refractivity contribution in [3.8, 4) is 6.07 Å². The maximum Gasteiger partial charge on any atom is 0.104 e. The highest BCUT2D eigenvalue weighted by molar-refractivity contribution is 6.31. The fourth-order valence-corrected chi connectivity index (χ4v) is 2.81. The molecule has 1 saturated heterocycles. The number of benzene rings is 1. The van der Waals surface area contributed by atoms with Crippen molar-refractivity contribution in [2.75, 3.05) is 13.1 Å². The van der Waals surface area contributed by atoms with Crippen LogP contribution in [0.15, 0.2) is 18.2 Å². The normalized spacial score (nSPS) is 27.8. The molecule has 1 heterocycles. The van der Waals surface area contributed by atoms with E-state index in [0.29, 0.717) is 22.8 Å². The fraction of sp³-hybridized carbons (Fsp3) is 0.500. The predicted molar refractivity (Wildman–Crippen MR) is 70.6 cm³/mol. The van der Waals surface area contributed by atoms with E-state index in [1.807, 2.05) is 12.1 Å². The monoisotopic (exact) mass is 265 g/mol. The van der Waals surface area contributed by atoms with Gasteiger partial charge in [-0.3, -0.25) is 0 Å². The van der Waals surface area contributed by atoms with Crippen molar-refractivity contribution in [2.45, 2.75) is 32.6 Å². The molecular weight excluding hydrogens is 248 g/mol. The molecule has 4 heteroatoms. The molecule has 3 nitrogen and oxygen atoms in total. The van der Waals surface area contributed by atoms with Crippen molar-refractivity contribution < 1.29 is 9.64 Å². The highest BCUT2D eigenvalue weighted by Gasteiger charge is 2.25. The number of hydrogen-bond acceptors (Lipinski definition) is 2. The lowest BCUT2D eigenvalue weighted by molar-refractivity contribution is -0.928. The van der Waals surface area contributed by atoms with Crippen molar-refractivity contribution in [3.05, 3.63) is 34.3 Å². The molecule has 0 aliphatic carbocycles. The zero-order chi connectivity index (χ0) is 13.1. The van der Waals surface area contributed by atoms with Crippen molar-refractivity contribution >= 4 is 11.6 Å². The smallest absolute Gasteiger partial charge is 0.104 e. The maximum atomic E-state index is 8.81. The molecule has 1 aromatic carbocycles. The van der Waals surface area contributed by atoms with Crippen LogP contribution in [0.5, 0.6) is 0 Å². The molecule has 1 aliphatic heterocycles. The molecule has 3 atom stereocenters. The predicted octanol–water partition coefficient (Wildman–Crippen LogP) is 1.40. The second-order valence-electron chi connectivity index (χ2n) is 5.01. The summed E-state index contributed by atoms with van der Waals surface area (Å²) >= 11 is 6.20. The van der Waals surface area contributed by atoms with Crippen LogP contribution >= 0.6 is 11.6 Å². The Labute approximate surface area is 113 Å². The molecule has 96 valence electrons. The van der Waals surface area contributed by atoms with Gasteiger partial charge in [-0.1, -0.05) is 17.7 Å². The van der Waals surface area contributed by atoms with Gasteiger partial charge in [0.15, 0.2) is 0 Å². The molecule has 1 aliphatic rings. The fourth-order valence-electron chi connectivity index (χ4n) is 2.56. The van der Waals surface area contributed by atoms with Gasteiger partial charge in [0.05, 0.1) is 16.7 Å². The van der Waals surface area contributed by atoms with Crippen molar-refractivity contribution in [1.82, 2.24) is 0 Å². The third-order valence-corrected chi connectivity index (χ3v) is 3.59. The molecule has 0 amide bonds. The standard InChI is InChI=1S/C14H17ClN2O/c1-10-7-17(8-11(2)18-10)9-13-4-3-12(6-16)5-14(13)15/h3-5,10-11H,7-9H2,1-2H3/p+1/t10-,11+. The summed E-state index contributed by atoms with van der Waals surface area (Å²) in [6, 6.07) is 7.63. The van der Waals surface area contributed by atoms with Crippen LogP contribution in [0.1, 0.15) is 25.0 Å². The van der Waals surface area contributed by atoms with Gasteiger partial charge in [0.1, 0.15) is 31.8 Å². The Hall–Kier alpha value is -1.08. The largest absolute Gasteiger partial charge is 0.364 e. The zero-order valence-corrected chi connectivity index (χ0v) is 11.5. The van der Waals surface area contributed by atoms with Gasteiger partial charge < -0.3 is 9.64 Å². The number of nitriles is 1. The van der Waals surface area contributed by atoms with Crippen molar-refractivity contribution in [2.24, 2.45) is 0 Å². The third kappa shape index (κ3) is 3.23. The molecule has 0 saturated carbocycles. The summed E-state index contributed by atoms with van der Waals surface area (Å²) in [5.74, 6) is 0. The van der Waals surface area contributed by atoms with Gasteiger partial charge >= 0.3 is 0 Å². The Morgan fingerprint density at radius 3 is 2.61 bits per heavy atom. The lowest BCUT2D eigenvalue weighted by atomic mass is 10.1. The number of hydrogen-bond donors (Lipinski definition) is 1. The number of quaternary nitrogens is 1. The minimum Gasteiger partial charge on any atom is -0.364 e. The Morgan fingerprint density at radius 2 is 2.06 bits per heavy atom. The van der Waals surface area contributed by atoms with E-state index in [9.17, 15) is 0 Å². The number of rotatable bonds is 2. The van der Waals surface area contributed by atoms with Crippen LogP contribution in [0.2, 0.25) is 5.02 Å². The van der Waals surface area contributed by atoms with Crippen LogP contribution in [-0.4, -0.2) is 25.3 Å². The minimum atomic E-state index is 0.293. The average molecular weight is 266 g/mol. The summed E-state index contributed by atoms with van der Waals surface area (Å²) < 4.78 is 5.72. The van der Waals surface area contributed by atoms with E-state index in [1.165, 1.54) is 4.90 Å². The van der Waals surface area contributed by atoms with Gasteiger partial charge in [-0.15, -0.1) is 0 Å². The first kappa shape index (κ1) is 13.4. The quantitative estimate of drug-likeness (QED) is 0.878. The van der Waals surface area contributed by atoms with Crippen LogP contribution < -0.4 is 4.90 Å². The second kappa shape index (κ2) is 5.71. The second-order valence-corrected chi connectivity index (χ2v) is 5.42. The van der Waals surface area contributed by atoms with Gasteiger partial charge in [-0.2, -0.15) is 5.26 Å². The van der Waals surface area contributed by atoms with Crippen LogP contribution in [0.4, 0.5) is 0 Å². The van der Waals surface area contributed by atoms with E-state index < -0.39 is 0 Å². The lowest BCUT2D eigenvalue weighted by Gasteiger charge is -2.32. The van der Waals surface area contributed by atoms with E-state index >= 15 is 0 Å². The molecule has 1 fully saturated rings. The molecule has 1 unspecified atom stereocenters. The summed E-state index contributed by atoms with van der Waals surface area (Å²) in [5.41, 5.74) is 1.72. The van der Waals surface area contributed by atoms with Crippen LogP contribution in [0, 0.1) is 11.3 Å². The highest BCUT2D eigenvalue weighted by atomic mass is 35.5. The van der Waals surface area contributed by atoms with Gasteiger partial charge in [-0.25, -0.2) is 0 Å². The topological polar surface area (TPSA) is 37.5 Å². The number of halogens is 1. The van der Waals surface area contributed by atoms with E-state index in [0.717, 1.165) is 25.2 Å². The summed E-state index contributed by atoms with van der Waals surface area (Å²) in [4.78, 5) is 1.48. The zero-order valence-electron chi connectivity index (χ0n) is 10.7. The molecule has 0 radical (unpaired) electrons. The summed E-state index contributed by atoms with van der Waals surface area (Å²) in [6.07, 6.45) is 0.585. The number of morpholine rings is 1. The van der Waals surface area contributed by atoms with Gasteiger partial charge in [0.2, 0.25) is 0 Å². The van der Waals surface area contributed by atoms with Gasteiger partial charge in [-0.05, 0) is 26.0 Å². The molecular formula is C14H18ClN2O+. The molecule has 0 spiro atoms. The molecule has 0 aromatic heterocycles. The van der Waals surface area contributed by atoms with E-state index in [-0.39, 0.29) is 0 Å². The van der Waals surface area contributed by atoms with E-state index in [4.69, 9.17) is 21.6 Å². The summed E-state index contributed by atoms with van der Waals surface area (Å²) in [7, 11) is 0. The first-order chi connectivity index (χ1) is 8.58. The molecule has 1 aromatic rings. The minimum absolute atomic E-state index is 0.293. The summed E-state index contributed by atoms with van der Waals surface area (Å²) in [6.45, 7) is 7.11.